The van der Waals surface area contributed by atoms with Crippen LogP contribution < -0.4 is 11.3 Å². The molecule has 0 aromatic carbocycles. The number of ether oxygens (including phenoxy) is 1. The highest BCUT2D eigenvalue weighted by Crippen LogP contribution is 2.31. The van der Waals surface area contributed by atoms with E-state index < -0.39 is 0 Å². The number of carbonyl (C=O) groups excluding carboxylic acids is 1. The van der Waals surface area contributed by atoms with Gasteiger partial charge in [-0.25, -0.2) is 5.84 Å². The molecule has 1 aliphatic carbocycles. The molecule has 98 valence electrons. The number of carbonyl (C=O) groups is 1. The maximum Gasteiger partial charge on any atom is 0.263 e. The van der Waals surface area contributed by atoms with E-state index in [0.29, 0.717) is 0 Å². The number of hydrogen-bond acceptors (Lipinski definition) is 4. The number of thioether (sulfide) groups is 1. The summed E-state index contributed by atoms with van der Waals surface area (Å²) >= 11 is 2.03. The van der Waals surface area contributed by atoms with Gasteiger partial charge in [-0.1, -0.05) is 19.3 Å². The van der Waals surface area contributed by atoms with Crippen LogP contribution in [0.25, 0.3) is 0 Å². The van der Waals surface area contributed by atoms with Gasteiger partial charge < -0.3 is 4.74 Å². The van der Waals surface area contributed by atoms with Gasteiger partial charge in [0, 0.05) is 11.0 Å². The molecule has 2 aliphatic rings. The molecule has 0 bridgehead atoms. The zero-order valence-electron chi connectivity index (χ0n) is 10.2. The number of hydrogen-bond donors (Lipinski definition) is 2. The Morgan fingerprint density at radius 1 is 1.24 bits per heavy atom. The minimum Gasteiger partial charge on any atom is -0.364 e. The molecule has 1 saturated heterocycles. The Hall–Kier alpha value is -0.260. The van der Waals surface area contributed by atoms with Gasteiger partial charge in [0.05, 0.1) is 6.10 Å². The molecule has 1 heterocycles. The van der Waals surface area contributed by atoms with Crippen molar-refractivity contribution in [3.8, 4) is 0 Å². The van der Waals surface area contributed by atoms with Gasteiger partial charge in [-0.15, -0.1) is 0 Å². The Bertz CT molecular complexity index is 257. The van der Waals surface area contributed by atoms with E-state index >= 15 is 0 Å². The second kappa shape index (κ2) is 6.61. The Kier molecular flexibility index (Phi) is 5.13. The summed E-state index contributed by atoms with van der Waals surface area (Å²) in [6.07, 6.45) is 8.56. The van der Waals surface area contributed by atoms with Gasteiger partial charge in [0.1, 0.15) is 6.10 Å². The molecule has 1 aliphatic heterocycles. The predicted molar refractivity (Wildman–Crippen MR) is 69.6 cm³/mol. The molecule has 17 heavy (non-hydrogen) atoms. The summed E-state index contributed by atoms with van der Waals surface area (Å²) in [4.78, 5) is 11.3. The molecule has 4 nitrogen and oxygen atoms in total. The number of nitrogens with one attached hydrogen (secondary N) is 1. The first-order valence-corrected chi connectivity index (χ1v) is 7.62. The van der Waals surface area contributed by atoms with Crippen LogP contribution in [0.3, 0.4) is 0 Å². The van der Waals surface area contributed by atoms with E-state index in [1.807, 2.05) is 11.8 Å². The summed E-state index contributed by atoms with van der Waals surface area (Å²) in [6.45, 7) is 0. The van der Waals surface area contributed by atoms with E-state index in [1.165, 1.54) is 32.1 Å². The van der Waals surface area contributed by atoms with Crippen LogP contribution in [-0.2, 0) is 9.53 Å². The van der Waals surface area contributed by atoms with Gasteiger partial charge in [-0.05, 0) is 25.7 Å². The molecule has 2 rings (SSSR count). The van der Waals surface area contributed by atoms with Gasteiger partial charge >= 0.3 is 0 Å². The van der Waals surface area contributed by atoms with Gasteiger partial charge in [0.25, 0.3) is 5.91 Å². The highest BCUT2D eigenvalue weighted by atomic mass is 32.2. The van der Waals surface area contributed by atoms with Crippen molar-refractivity contribution in [2.75, 3.05) is 5.75 Å². The van der Waals surface area contributed by atoms with Crippen LogP contribution in [-0.4, -0.2) is 29.1 Å². The SMILES string of the molecule is NNC(=O)C1CCC(CSC2CCCCC2)O1. The lowest BCUT2D eigenvalue weighted by atomic mass is 10.0. The van der Waals surface area contributed by atoms with Gasteiger partial charge in [-0.3, -0.25) is 10.2 Å². The van der Waals surface area contributed by atoms with Crippen LogP contribution in [0.2, 0.25) is 0 Å². The largest absolute Gasteiger partial charge is 0.364 e. The quantitative estimate of drug-likeness (QED) is 0.456. The summed E-state index contributed by atoms with van der Waals surface area (Å²) in [7, 11) is 0. The second-order valence-corrected chi connectivity index (χ2v) is 6.26. The molecule has 0 aromatic rings. The summed E-state index contributed by atoms with van der Waals surface area (Å²) < 4.78 is 5.69. The third-order valence-corrected chi connectivity index (χ3v) is 5.12. The third-order valence-electron chi connectivity index (χ3n) is 3.61. The van der Waals surface area contributed by atoms with E-state index in [9.17, 15) is 4.79 Å². The molecule has 0 aromatic heterocycles. The molecule has 1 saturated carbocycles. The normalized spacial score (nSPS) is 30.4. The standard InChI is InChI=1S/C12H22N2O2S/c13-14-12(15)11-7-6-9(16-11)8-17-10-4-2-1-3-5-10/h9-11H,1-8,13H2,(H,14,15). The van der Waals surface area contributed by atoms with Crippen LogP contribution in [0.5, 0.6) is 0 Å². The van der Waals surface area contributed by atoms with Crippen LogP contribution >= 0.6 is 11.8 Å². The van der Waals surface area contributed by atoms with Gasteiger partial charge in [0.15, 0.2) is 0 Å². The van der Waals surface area contributed by atoms with E-state index in [-0.39, 0.29) is 18.1 Å². The lowest BCUT2D eigenvalue weighted by molar-refractivity contribution is -0.131. The minimum absolute atomic E-state index is 0.185. The summed E-state index contributed by atoms with van der Waals surface area (Å²) in [5.41, 5.74) is 2.16. The van der Waals surface area contributed by atoms with Crippen LogP contribution in [0.1, 0.15) is 44.9 Å². The van der Waals surface area contributed by atoms with Gasteiger partial charge in [0.2, 0.25) is 0 Å². The Morgan fingerprint density at radius 2 is 2.00 bits per heavy atom. The first kappa shape index (κ1) is 13.2. The maximum absolute atomic E-state index is 11.3. The molecular formula is C12H22N2O2S. The number of hydrazine groups is 1. The predicted octanol–water partition coefficient (Wildman–Crippen LogP) is 1.59. The first-order valence-electron chi connectivity index (χ1n) is 6.57. The number of amides is 1. The Balaban J connectivity index is 1.65. The van der Waals surface area contributed by atoms with Crippen molar-refractivity contribution < 1.29 is 9.53 Å². The van der Waals surface area contributed by atoms with E-state index in [4.69, 9.17) is 10.6 Å². The first-order chi connectivity index (χ1) is 8.29. The van der Waals surface area contributed by atoms with E-state index in [1.54, 1.807) is 0 Å². The minimum atomic E-state index is -0.322. The van der Waals surface area contributed by atoms with Crippen molar-refractivity contribution in [2.24, 2.45) is 5.84 Å². The Morgan fingerprint density at radius 3 is 2.71 bits per heavy atom. The molecule has 0 spiro atoms. The zero-order valence-corrected chi connectivity index (χ0v) is 11.0. The fourth-order valence-electron chi connectivity index (χ4n) is 2.59. The van der Waals surface area contributed by atoms with Crippen LogP contribution in [0, 0.1) is 0 Å². The molecule has 1 amide bonds. The van der Waals surface area contributed by atoms with Crippen molar-refractivity contribution in [3.05, 3.63) is 0 Å². The van der Waals surface area contributed by atoms with Crippen molar-refractivity contribution in [1.82, 2.24) is 5.43 Å². The number of nitrogens with two attached hydrogens (primary N) is 1. The molecule has 2 unspecified atom stereocenters. The van der Waals surface area contributed by atoms with E-state index in [2.05, 4.69) is 5.43 Å². The third kappa shape index (κ3) is 3.86. The average molecular weight is 258 g/mol. The molecule has 3 N–H and O–H groups in total. The molecular weight excluding hydrogens is 236 g/mol. The smallest absolute Gasteiger partial charge is 0.263 e. The Labute approximate surface area is 107 Å². The number of rotatable bonds is 4. The summed E-state index contributed by atoms with van der Waals surface area (Å²) in [5.74, 6) is 5.95. The van der Waals surface area contributed by atoms with Crippen molar-refractivity contribution in [3.63, 3.8) is 0 Å². The summed E-state index contributed by atoms with van der Waals surface area (Å²) in [5, 5.41) is 0.815. The van der Waals surface area contributed by atoms with E-state index in [0.717, 1.165) is 23.8 Å². The maximum atomic E-state index is 11.3. The van der Waals surface area contributed by atoms with Gasteiger partial charge in [-0.2, -0.15) is 11.8 Å². The monoisotopic (exact) mass is 258 g/mol. The average Bonchev–Trinajstić information content (AvgIpc) is 2.85. The fraction of sp³-hybridized carbons (Fsp3) is 0.917. The highest BCUT2D eigenvalue weighted by Gasteiger charge is 2.30. The zero-order chi connectivity index (χ0) is 12.1. The van der Waals surface area contributed by atoms with Crippen LogP contribution in [0.4, 0.5) is 0 Å². The van der Waals surface area contributed by atoms with Crippen molar-refractivity contribution in [2.45, 2.75) is 62.4 Å². The second-order valence-electron chi connectivity index (χ2n) is 4.93. The van der Waals surface area contributed by atoms with Crippen molar-refractivity contribution >= 4 is 17.7 Å². The lowest BCUT2D eigenvalue weighted by Crippen LogP contribution is -2.39. The molecule has 2 atom stereocenters. The summed E-state index contributed by atoms with van der Waals surface area (Å²) in [6, 6.07) is 0. The molecule has 5 heteroatoms. The molecule has 2 fully saturated rings. The lowest BCUT2D eigenvalue weighted by Gasteiger charge is -2.22. The molecule has 0 radical (unpaired) electrons. The fourth-order valence-corrected chi connectivity index (χ4v) is 3.99. The highest BCUT2D eigenvalue weighted by molar-refractivity contribution is 7.99. The van der Waals surface area contributed by atoms with Crippen molar-refractivity contribution in [1.29, 1.82) is 0 Å². The topological polar surface area (TPSA) is 64.3 Å². The van der Waals surface area contributed by atoms with Crippen LogP contribution in [0.15, 0.2) is 0 Å².